The maximum atomic E-state index is 12.5. The minimum atomic E-state index is -0.444. The van der Waals surface area contributed by atoms with Gasteiger partial charge in [-0.15, -0.1) is 12.4 Å². The van der Waals surface area contributed by atoms with Crippen molar-refractivity contribution >= 4 is 18.1 Å². The van der Waals surface area contributed by atoms with Crippen LogP contribution >= 0.6 is 12.4 Å². The van der Waals surface area contributed by atoms with E-state index in [9.17, 15) is 4.39 Å². The zero-order valence-electron chi connectivity index (χ0n) is 6.04. The van der Waals surface area contributed by atoms with E-state index in [1.54, 1.807) is 6.07 Å². The van der Waals surface area contributed by atoms with Gasteiger partial charge in [-0.25, -0.2) is 4.39 Å². The summed E-state index contributed by atoms with van der Waals surface area (Å²) in [7, 11) is 0. The first-order chi connectivity index (χ1) is 5.27. The molecule has 0 radical (unpaired) electrons. The summed E-state index contributed by atoms with van der Waals surface area (Å²) >= 11 is 0. The molecule has 0 atom stereocenters. The number of hydrogen-bond donors (Lipinski definition) is 2. The third-order valence-corrected chi connectivity index (χ3v) is 1.26. The molecule has 5 heteroatoms. The Morgan fingerprint density at radius 1 is 1.50 bits per heavy atom. The third kappa shape index (κ3) is 2.09. The van der Waals surface area contributed by atoms with Gasteiger partial charge in [0.25, 0.3) is 0 Å². The van der Waals surface area contributed by atoms with Crippen molar-refractivity contribution in [2.24, 2.45) is 5.84 Å². The zero-order valence-corrected chi connectivity index (χ0v) is 6.86. The minimum absolute atomic E-state index is 0. The molecule has 0 bridgehead atoms. The van der Waals surface area contributed by atoms with E-state index in [1.807, 2.05) is 0 Å². The number of halogens is 2. The van der Waals surface area contributed by atoms with Crippen LogP contribution in [0.25, 0.3) is 0 Å². The first-order valence-corrected chi connectivity index (χ1v) is 2.94. The Morgan fingerprint density at radius 2 is 2.17 bits per heavy atom. The number of rotatable bonds is 1. The van der Waals surface area contributed by atoms with Crippen LogP contribution < -0.4 is 11.3 Å². The van der Waals surface area contributed by atoms with Gasteiger partial charge in [-0.05, 0) is 18.2 Å². The van der Waals surface area contributed by atoms with Crippen LogP contribution in [0, 0.1) is 17.1 Å². The molecule has 0 fully saturated rings. The van der Waals surface area contributed by atoms with E-state index in [0.29, 0.717) is 5.69 Å². The van der Waals surface area contributed by atoms with Gasteiger partial charge in [-0.3, -0.25) is 5.84 Å². The van der Waals surface area contributed by atoms with E-state index in [2.05, 4.69) is 5.43 Å². The lowest BCUT2D eigenvalue weighted by Crippen LogP contribution is -2.08. The molecule has 0 saturated carbocycles. The molecule has 0 spiro atoms. The van der Waals surface area contributed by atoms with Crippen LogP contribution in [0.2, 0.25) is 0 Å². The molecule has 1 aromatic rings. The fourth-order valence-corrected chi connectivity index (χ4v) is 0.735. The molecule has 0 heterocycles. The molecule has 1 rings (SSSR count). The highest BCUT2D eigenvalue weighted by Gasteiger charge is 2.00. The van der Waals surface area contributed by atoms with Gasteiger partial charge in [-0.1, -0.05) is 0 Å². The van der Waals surface area contributed by atoms with Gasteiger partial charge in [0.1, 0.15) is 11.9 Å². The summed E-state index contributed by atoms with van der Waals surface area (Å²) in [4.78, 5) is 0. The minimum Gasteiger partial charge on any atom is -0.323 e. The standard InChI is InChI=1S/C7H6FN3.ClH/c8-6-1-2-7(11-10)5(3-6)4-9;/h1-3,11H,10H2;1H. The van der Waals surface area contributed by atoms with Crippen LogP contribution in [0.5, 0.6) is 0 Å². The molecule has 0 aliphatic heterocycles. The Balaban J connectivity index is 0.00000121. The van der Waals surface area contributed by atoms with Crippen molar-refractivity contribution in [2.75, 3.05) is 5.43 Å². The largest absolute Gasteiger partial charge is 0.323 e. The number of hydrogen-bond acceptors (Lipinski definition) is 3. The van der Waals surface area contributed by atoms with E-state index in [1.165, 1.54) is 12.1 Å². The summed E-state index contributed by atoms with van der Waals surface area (Å²) in [5, 5.41) is 8.46. The quantitative estimate of drug-likeness (QED) is 0.516. The lowest BCUT2D eigenvalue weighted by atomic mass is 10.2. The molecular formula is C7H7ClFN3. The molecule has 1 aromatic carbocycles. The molecule has 0 amide bonds. The summed E-state index contributed by atoms with van der Waals surface area (Å²) in [6.45, 7) is 0. The summed E-state index contributed by atoms with van der Waals surface area (Å²) in [5.74, 6) is 4.61. The lowest BCUT2D eigenvalue weighted by Gasteiger charge is -2.00. The Hall–Kier alpha value is -1.31. The number of nitrogens with one attached hydrogen (secondary N) is 1. The molecule has 12 heavy (non-hydrogen) atoms. The number of nitrogens with zero attached hydrogens (tertiary/aromatic N) is 1. The van der Waals surface area contributed by atoms with Crippen molar-refractivity contribution in [2.45, 2.75) is 0 Å². The molecule has 0 aromatic heterocycles. The fourth-order valence-electron chi connectivity index (χ4n) is 0.735. The van der Waals surface area contributed by atoms with Gasteiger partial charge >= 0.3 is 0 Å². The average molecular weight is 188 g/mol. The topological polar surface area (TPSA) is 61.8 Å². The van der Waals surface area contributed by atoms with Gasteiger partial charge < -0.3 is 5.43 Å². The SMILES string of the molecule is Cl.N#Cc1cc(F)ccc1NN. The van der Waals surface area contributed by atoms with Crippen molar-refractivity contribution in [3.05, 3.63) is 29.6 Å². The Labute approximate surface area is 75.4 Å². The van der Waals surface area contributed by atoms with Crippen LogP contribution in [0.4, 0.5) is 10.1 Å². The first kappa shape index (κ1) is 10.7. The molecular weight excluding hydrogens is 181 g/mol. The highest BCUT2D eigenvalue weighted by atomic mass is 35.5. The number of nitriles is 1. The summed E-state index contributed by atoms with van der Waals surface area (Å²) in [6, 6.07) is 5.57. The van der Waals surface area contributed by atoms with Gasteiger partial charge in [0.15, 0.2) is 0 Å². The van der Waals surface area contributed by atoms with Crippen LogP contribution in [0.3, 0.4) is 0 Å². The molecule has 0 aliphatic carbocycles. The van der Waals surface area contributed by atoms with Crippen molar-refractivity contribution in [1.29, 1.82) is 5.26 Å². The molecule has 3 nitrogen and oxygen atoms in total. The van der Waals surface area contributed by atoms with Crippen molar-refractivity contribution in [3.63, 3.8) is 0 Å². The second kappa shape index (κ2) is 4.54. The summed E-state index contributed by atoms with van der Waals surface area (Å²) in [5.41, 5.74) is 2.91. The zero-order chi connectivity index (χ0) is 8.27. The Morgan fingerprint density at radius 3 is 2.67 bits per heavy atom. The second-order valence-electron chi connectivity index (χ2n) is 1.95. The Kier molecular flexibility index (Phi) is 4.05. The van der Waals surface area contributed by atoms with Crippen molar-refractivity contribution < 1.29 is 4.39 Å². The normalized spacial score (nSPS) is 8.08. The number of nitrogens with two attached hydrogens (primary N) is 1. The van der Waals surface area contributed by atoms with E-state index >= 15 is 0 Å². The lowest BCUT2D eigenvalue weighted by molar-refractivity contribution is 0.627. The predicted molar refractivity (Wildman–Crippen MR) is 46.2 cm³/mol. The van der Waals surface area contributed by atoms with Crippen LogP contribution in [-0.2, 0) is 0 Å². The predicted octanol–water partition coefficient (Wildman–Crippen LogP) is 1.40. The fraction of sp³-hybridized carbons (Fsp3) is 0. The molecule has 0 aliphatic rings. The van der Waals surface area contributed by atoms with E-state index < -0.39 is 5.82 Å². The maximum Gasteiger partial charge on any atom is 0.124 e. The summed E-state index contributed by atoms with van der Waals surface area (Å²) in [6.07, 6.45) is 0. The number of anilines is 1. The van der Waals surface area contributed by atoms with E-state index in [4.69, 9.17) is 11.1 Å². The smallest absolute Gasteiger partial charge is 0.124 e. The van der Waals surface area contributed by atoms with Crippen LogP contribution in [0.1, 0.15) is 5.56 Å². The van der Waals surface area contributed by atoms with Gasteiger partial charge in [0.2, 0.25) is 0 Å². The molecule has 0 saturated heterocycles. The number of hydrazine groups is 1. The van der Waals surface area contributed by atoms with Crippen molar-refractivity contribution in [1.82, 2.24) is 0 Å². The number of benzene rings is 1. The molecule has 0 unspecified atom stereocenters. The highest BCUT2D eigenvalue weighted by molar-refractivity contribution is 5.85. The van der Waals surface area contributed by atoms with Gasteiger partial charge in [-0.2, -0.15) is 5.26 Å². The molecule has 64 valence electrons. The van der Waals surface area contributed by atoms with Crippen molar-refractivity contribution in [3.8, 4) is 6.07 Å². The van der Waals surface area contributed by atoms with Crippen LogP contribution in [0.15, 0.2) is 18.2 Å². The highest BCUT2D eigenvalue weighted by Crippen LogP contribution is 2.13. The monoisotopic (exact) mass is 187 g/mol. The maximum absolute atomic E-state index is 12.5. The summed E-state index contributed by atoms with van der Waals surface area (Å²) < 4.78 is 12.5. The van der Waals surface area contributed by atoms with Gasteiger partial charge in [0.05, 0.1) is 11.3 Å². The second-order valence-corrected chi connectivity index (χ2v) is 1.95. The first-order valence-electron chi connectivity index (χ1n) is 2.94. The Bertz CT molecular complexity index is 308. The van der Waals surface area contributed by atoms with E-state index in [-0.39, 0.29) is 18.0 Å². The van der Waals surface area contributed by atoms with Crippen LogP contribution in [-0.4, -0.2) is 0 Å². The van der Waals surface area contributed by atoms with Gasteiger partial charge in [0, 0.05) is 0 Å². The molecule has 3 N–H and O–H groups in total. The number of nitrogen functional groups attached to an aromatic ring is 1. The average Bonchev–Trinajstić information content (AvgIpc) is 2.04. The van der Waals surface area contributed by atoms with E-state index in [0.717, 1.165) is 6.07 Å². The third-order valence-electron chi connectivity index (χ3n) is 1.26.